The minimum atomic E-state index is -1.12. The van der Waals surface area contributed by atoms with Crippen LogP contribution in [-0.4, -0.2) is 41.2 Å². The number of carbonyl (C=O) groups excluding carboxylic acids is 1. The van der Waals surface area contributed by atoms with E-state index in [0.717, 1.165) is 25.0 Å². The zero-order valence-corrected chi connectivity index (χ0v) is 11.1. The molecule has 1 fully saturated rings. The molecule has 1 aliphatic rings. The van der Waals surface area contributed by atoms with Crippen LogP contribution in [0.1, 0.15) is 26.2 Å². The van der Waals surface area contributed by atoms with Crippen molar-refractivity contribution in [2.24, 2.45) is 5.92 Å². The maximum Gasteiger partial charge on any atom is 0.329 e. The van der Waals surface area contributed by atoms with E-state index in [-0.39, 0.29) is 11.9 Å². The third kappa shape index (κ3) is 4.11. The molecule has 0 spiro atoms. The van der Waals surface area contributed by atoms with Gasteiger partial charge in [0.25, 0.3) is 0 Å². The van der Waals surface area contributed by atoms with Crippen molar-refractivity contribution in [3.63, 3.8) is 0 Å². The van der Waals surface area contributed by atoms with Crippen molar-refractivity contribution in [2.75, 3.05) is 18.6 Å². The van der Waals surface area contributed by atoms with Crippen LogP contribution in [0.2, 0.25) is 0 Å². The van der Waals surface area contributed by atoms with Gasteiger partial charge in [-0.05, 0) is 44.1 Å². The average molecular weight is 260 g/mol. The number of nitrogens with one attached hydrogen (secondary N) is 2. The van der Waals surface area contributed by atoms with Crippen molar-refractivity contribution in [2.45, 2.75) is 31.7 Å². The molecule has 1 saturated carbocycles. The van der Waals surface area contributed by atoms with Crippen molar-refractivity contribution < 1.29 is 14.7 Å². The van der Waals surface area contributed by atoms with Gasteiger partial charge < -0.3 is 15.7 Å². The predicted molar refractivity (Wildman–Crippen MR) is 68.3 cm³/mol. The third-order valence-electron chi connectivity index (χ3n) is 3.02. The number of urea groups is 1. The molecule has 2 amide bonds. The van der Waals surface area contributed by atoms with Gasteiger partial charge >= 0.3 is 12.0 Å². The molecule has 5 nitrogen and oxygen atoms in total. The van der Waals surface area contributed by atoms with Gasteiger partial charge in [0, 0.05) is 6.54 Å². The highest BCUT2D eigenvalue weighted by molar-refractivity contribution is 7.98. The molecule has 6 heteroatoms. The topological polar surface area (TPSA) is 78.4 Å². The zero-order chi connectivity index (χ0) is 12.9. The predicted octanol–water partition coefficient (Wildman–Crippen LogP) is 1.29. The first kappa shape index (κ1) is 14.2. The summed E-state index contributed by atoms with van der Waals surface area (Å²) in [6, 6.07) is -0.386. The molecule has 3 N–H and O–H groups in total. The molecule has 0 heterocycles. The summed E-state index contributed by atoms with van der Waals surface area (Å²) in [4.78, 5) is 22.7. The van der Waals surface area contributed by atoms with Gasteiger partial charge in [-0.3, -0.25) is 0 Å². The summed E-state index contributed by atoms with van der Waals surface area (Å²) in [6.07, 6.45) is 4.64. The molecule has 0 radical (unpaired) electrons. The van der Waals surface area contributed by atoms with Gasteiger partial charge in [-0.2, -0.15) is 11.8 Å². The second kappa shape index (κ2) is 6.14. The lowest BCUT2D eigenvalue weighted by molar-refractivity contribution is -0.144. The van der Waals surface area contributed by atoms with Crippen molar-refractivity contribution in [3.05, 3.63) is 0 Å². The minimum absolute atomic E-state index is 0.0666. The van der Waals surface area contributed by atoms with E-state index in [9.17, 15) is 9.59 Å². The molecule has 17 heavy (non-hydrogen) atoms. The van der Waals surface area contributed by atoms with Crippen LogP contribution >= 0.6 is 11.8 Å². The molecule has 1 aliphatic carbocycles. The Hall–Kier alpha value is -0.910. The Bertz CT molecular complexity index is 294. The van der Waals surface area contributed by atoms with Crippen LogP contribution in [0.4, 0.5) is 4.79 Å². The number of amides is 2. The van der Waals surface area contributed by atoms with Crippen LogP contribution in [-0.2, 0) is 4.79 Å². The van der Waals surface area contributed by atoms with Crippen molar-refractivity contribution >= 4 is 23.8 Å². The van der Waals surface area contributed by atoms with Gasteiger partial charge in [-0.25, -0.2) is 9.59 Å². The zero-order valence-electron chi connectivity index (χ0n) is 10.3. The highest BCUT2D eigenvalue weighted by Gasteiger charge is 2.48. The normalized spacial score (nSPS) is 18.2. The van der Waals surface area contributed by atoms with E-state index >= 15 is 0 Å². The maximum atomic E-state index is 11.6. The largest absolute Gasteiger partial charge is 0.480 e. The Balaban J connectivity index is 2.35. The summed E-state index contributed by atoms with van der Waals surface area (Å²) in [7, 11) is 0. The maximum absolute atomic E-state index is 11.6. The van der Waals surface area contributed by atoms with Gasteiger partial charge in [0.15, 0.2) is 0 Å². The van der Waals surface area contributed by atoms with Gasteiger partial charge in [-0.1, -0.05) is 0 Å². The molecular formula is C11H20N2O3S. The fraction of sp³-hybridized carbons (Fsp3) is 0.818. The van der Waals surface area contributed by atoms with Crippen molar-refractivity contribution in [3.8, 4) is 0 Å². The number of aliphatic carboxylic acids is 1. The number of rotatable bonds is 7. The first-order chi connectivity index (χ1) is 8.00. The Morgan fingerprint density at radius 3 is 2.59 bits per heavy atom. The standard InChI is InChI=1S/C11H20N2O3S/c1-11(9(14)15,8-4-5-8)13-10(16)12-6-3-7-17-2/h8H,3-7H2,1-2H3,(H,14,15)(H2,12,13,16). The molecule has 0 bridgehead atoms. The molecule has 1 unspecified atom stereocenters. The molecule has 98 valence electrons. The van der Waals surface area contributed by atoms with Crippen LogP contribution in [0.5, 0.6) is 0 Å². The second-order valence-corrected chi connectivity index (χ2v) is 5.49. The van der Waals surface area contributed by atoms with Gasteiger partial charge in [0.05, 0.1) is 0 Å². The number of hydrogen-bond acceptors (Lipinski definition) is 3. The molecular weight excluding hydrogens is 240 g/mol. The van der Waals surface area contributed by atoms with E-state index in [1.165, 1.54) is 0 Å². The summed E-state index contributed by atoms with van der Waals surface area (Å²) >= 11 is 1.72. The minimum Gasteiger partial charge on any atom is -0.480 e. The summed E-state index contributed by atoms with van der Waals surface area (Å²) in [5.74, 6) is 0.0928. The monoisotopic (exact) mass is 260 g/mol. The van der Waals surface area contributed by atoms with E-state index < -0.39 is 11.5 Å². The lowest BCUT2D eigenvalue weighted by Crippen LogP contribution is -2.56. The average Bonchev–Trinajstić information content (AvgIpc) is 3.07. The molecule has 1 rings (SSSR count). The fourth-order valence-corrected chi connectivity index (χ4v) is 2.12. The smallest absolute Gasteiger partial charge is 0.329 e. The second-order valence-electron chi connectivity index (χ2n) is 4.51. The molecule has 0 aromatic carbocycles. The molecule has 0 aromatic rings. The van der Waals surface area contributed by atoms with E-state index in [4.69, 9.17) is 5.11 Å². The highest BCUT2D eigenvalue weighted by Crippen LogP contribution is 2.39. The Kier molecular flexibility index (Phi) is 5.11. The highest BCUT2D eigenvalue weighted by atomic mass is 32.2. The number of carbonyl (C=O) groups is 2. The van der Waals surface area contributed by atoms with E-state index in [0.29, 0.717) is 6.54 Å². The van der Waals surface area contributed by atoms with Crippen LogP contribution < -0.4 is 10.6 Å². The quantitative estimate of drug-likeness (QED) is 0.603. The lowest BCUT2D eigenvalue weighted by Gasteiger charge is -2.26. The lowest BCUT2D eigenvalue weighted by atomic mass is 9.96. The molecule has 0 saturated heterocycles. The SMILES string of the molecule is CSCCCNC(=O)NC(C)(C(=O)O)C1CC1. The van der Waals surface area contributed by atoms with Crippen molar-refractivity contribution in [1.29, 1.82) is 0 Å². The van der Waals surface area contributed by atoms with Gasteiger partial charge in [0.1, 0.15) is 5.54 Å². The number of thioether (sulfide) groups is 1. The molecule has 1 atom stereocenters. The number of carboxylic acid groups (broad SMARTS) is 1. The number of hydrogen-bond donors (Lipinski definition) is 3. The van der Waals surface area contributed by atoms with Crippen LogP contribution in [0.15, 0.2) is 0 Å². The van der Waals surface area contributed by atoms with Gasteiger partial charge in [0.2, 0.25) is 0 Å². The van der Waals surface area contributed by atoms with Crippen LogP contribution in [0.25, 0.3) is 0 Å². The fourth-order valence-electron chi connectivity index (χ4n) is 1.69. The first-order valence-corrected chi connectivity index (χ1v) is 7.18. The third-order valence-corrected chi connectivity index (χ3v) is 3.72. The summed E-state index contributed by atoms with van der Waals surface area (Å²) < 4.78 is 0. The van der Waals surface area contributed by atoms with E-state index in [2.05, 4.69) is 10.6 Å². The van der Waals surface area contributed by atoms with Crippen molar-refractivity contribution in [1.82, 2.24) is 10.6 Å². The Morgan fingerprint density at radius 1 is 1.47 bits per heavy atom. The Morgan fingerprint density at radius 2 is 2.12 bits per heavy atom. The van der Waals surface area contributed by atoms with E-state index in [1.54, 1.807) is 18.7 Å². The molecule has 0 aromatic heterocycles. The summed E-state index contributed by atoms with van der Waals surface area (Å²) in [5.41, 5.74) is -1.12. The first-order valence-electron chi connectivity index (χ1n) is 5.79. The summed E-state index contributed by atoms with van der Waals surface area (Å²) in [5, 5.41) is 14.4. The number of carboxylic acids is 1. The Labute approximate surface area is 106 Å². The van der Waals surface area contributed by atoms with Crippen LogP contribution in [0.3, 0.4) is 0 Å². The van der Waals surface area contributed by atoms with E-state index in [1.807, 2.05) is 6.26 Å². The van der Waals surface area contributed by atoms with Crippen LogP contribution in [0, 0.1) is 5.92 Å². The summed E-state index contributed by atoms with van der Waals surface area (Å²) in [6.45, 7) is 2.15. The molecule has 0 aliphatic heterocycles. The van der Waals surface area contributed by atoms with Gasteiger partial charge in [-0.15, -0.1) is 0 Å².